The van der Waals surface area contributed by atoms with Crippen molar-refractivity contribution in [2.45, 2.75) is 19.6 Å². The van der Waals surface area contributed by atoms with Crippen LogP contribution in [0, 0.1) is 5.41 Å². The van der Waals surface area contributed by atoms with Gasteiger partial charge in [-0.3, -0.25) is 10.7 Å². The van der Waals surface area contributed by atoms with E-state index in [1.54, 1.807) is 25.1 Å². The van der Waals surface area contributed by atoms with Crippen LogP contribution in [0.5, 0.6) is 5.75 Å². The largest absolute Gasteiger partial charge is 0.459 e. The molecule has 0 saturated carbocycles. The van der Waals surface area contributed by atoms with Gasteiger partial charge in [0.25, 0.3) is 0 Å². The second kappa shape index (κ2) is 3.87. The van der Waals surface area contributed by atoms with Crippen LogP contribution >= 0.6 is 0 Å². The number of benzene rings is 1. The van der Waals surface area contributed by atoms with E-state index in [1.807, 2.05) is 5.48 Å². The van der Waals surface area contributed by atoms with E-state index in [0.29, 0.717) is 28.3 Å². The normalized spacial score (nSPS) is 22.2. The van der Waals surface area contributed by atoms with Gasteiger partial charge in [-0.25, -0.2) is 0 Å². The number of aliphatic hydroxyl groups is 1. The lowest BCUT2D eigenvalue weighted by molar-refractivity contribution is -0.0791. The third kappa shape index (κ3) is 2.15. The van der Waals surface area contributed by atoms with Crippen LogP contribution in [0.3, 0.4) is 0 Å². The fraction of sp³-hybridized carbons (Fsp3) is 0.250. The molecular formula is C12H14N2O3. The molecule has 5 nitrogen and oxygen atoms in total. The molecule has 0 saturated heterocycles. The average Bonchev–Trinajstić information content (AvgIpc) is 2.26. The molecule has 1 aliphatic heterocycles. The molecule has 0 aliphatic carbocycles. The molecule has 90 valence electrons. The quantitative estimate of drug-likeness (QED) is 0.466. The minimum Gasteiger partial charge on any atom is -0.459 e. The van der Waals surface area contributed by atoms with Crippen LogP contribution in [0.1, 0.15) is 19.4 Å². The van der Waals surface area contributed by atoms with Gasteiger partial charge in [0.1, 0.15) is 5.75 Å². The van der Waals surface area contributed by atoms with E-state index >= 15 is 0 Å². The fourth-order valence-corrected chi connectivity index (χ4v) is 1.81. The predicted octanol–water partition coefficient (Wildman–Crippen LogP) is 2.01. The maximum Gasteiger partial charge on any atom is 0.226 e. The van der Waals surface area contributed by atoms with E-state index in [4.69, 9.17) is 15.4 Å². The SMILES string of the molecule is CC(=N)C1=CC(C)(O)Oc2ccc(NO)cc21. The van der Waals surface area contributed by atoms with Gasteiger partial charge in [-0.15, -0.1) is 0 Å². The number of anilines is 1. The molecule has 1 unspecified atom stereocenters. The first-order valence-corrected chi connectivity index (χ1v) is 5.17. The van der Waals surface area contributed by atoms with Gasteiger partial charge in [0.15, 0.2) is 0 Å². The lowest BCUT2D eigenvalue weighted by Crippen LogP contribution is -2.33. The highest BCUT2D eigenvalue weighted by atomic mass is 16.6. The highest BCUT2D eigenvalue weighted by molar-refractivity contribution is 6.22. The smallest absolute Gasteiger partial charge is 0.226 e. The third-order valence-electron chi connectivity index (χ3n) is 2.53. The second-order valence-corrected chi connectivity index (χ2v) is 4.16. The Bertz CT molecular complexity index is 506. The molecule has 4 N–H and O–H groups in total. The zero-order valence-corrected chi connectivity index (χ0v) is 9.61. The van der Waals surface area contributed by atoms with Crippen LogP contribution < -0.4 is 10.2 Å². The van der Waals surface area contributed by atoms with E-state index in [-0.39, 0.29) is 0 Å². The summed E-state index contributed by atoms with van der Waals surface area (Å²) in [7, 11) is 0. The summed E-state index contributed by atoms with van der Waals surface area (Å²) in [5.41, 5.74) is 4.13. The molecular weight excluding hydrogens is 220 g/mol. The van der Waals surface area contributed by atoms with Gasteiger partial charge in [-0.2, -0.15) is 0 Å². The molecule has 1 aromatic carbocycles. The number of ether oxygens (including phenoxy) is 1. The highest BCUT2D eigenvalue weighted by Crippen LogP contribution is 2.37. The van der Waals surface area contributed by atoms with Gasteiger partial charge in [0.05, 0.1) is 5.69 Å². The molecule has 0 aromatic heterocycles. The van der Waals surface area contributed by atoms with E-state index in [2.05, 4.69) is 0 Å². The summed E-state index contributed by atoms with van der Waals surface area (Å²) < 4.78 is 5.37. The molecule has 0 spiro atoms. The monoisotopic (exact) mass is 234 g/mol. The van der Waals surface area contributed by atoms with E-state index in [0.717, 1.165) is 0 Å². The molecule has 1 atom stereocenters. The Balaban J connectivity index is 2.59. The Labute approximate surface area is 98.8 Å². The molecule has 0 amide bonds. The standard InChI is InChI=1S/C12H14N2O3/c1-7(13)10-6-12(2,15)17-11-4-3-8(14-16)5-9(10)11/h3-6,13-16H,1-2H3. The lowest BCUT2D eigenvalue weighted by atomic mass is 9.95. The number of fused-ring (bicyclic) bond motifs is 1. The maximum absolute atomic E-state index is 9.91. The van der Waals surface area contributed by atoms with Crippen molar-refractivity contribution in [2.75, 3.05) is 5.48 Å². The van der Waals surface area contributed by atoms with Gasteiger partial charge in [-0.1, -0.05) is 0 Å². The average molecular weight is 234 g/mol. The summed E-state index contributed by atoms with van der Waals surface area (Å²) in [5, 5.41) is 26.5. The van der Waals surface area contributed by atoms with Crippen LogP contribution in [0.4, 0.5) is 5.69 Å². The summed E-state index contributed by atoms with van der Waals surface area (Å²) in [4.78, 5) is 0. The summed E-state index contributed by atoms with van der Waals surface area (Å²) in [5.74, 6) is -0.934. The number of rotatable bonds is 2. The summed E-state index contributed by atoms with van der Waals surface area (Å²) >= 11 is 0. The fourth-order valence-electron chi connectivity index (χ4n) is 1.81. The van der Waals surface area contributed by atoms with Gasteiger partial charge in [0.2, 0.25) is 5.79 Å². The van der Waals surface area contributed by atoms with Crippen molar-refractivity contribution in [3.63, 3.8) is 0 Å². The number of hydrogen-bond donors (Lipinski definition) is 4. The summed E-state index contributed by atoms with van der Waals surface area (Å²) in [6.07, 6.45) is 1.48. The summed E-state index contributed by atoms with van der Waals surface area (Å²) in [6.45, 7) is 3.15. The topological polar surface area (TPSA) is 85.6 Å². The highest BCUT2D eigenvalue weighted by Gasteiger charge is 2.29. The van der Waals surface area contributed by atoms with Crippen molar-refractivity contribution in [1.29, 1.82) is 5.41 Å². The first-order valence-electron chi connectivity index (χ1n) is 5.17. The summed E-state index contributed by atoms with van der Waals surface area (Å²) in [6, 6.07) is 4.92. The Kier molecular flexibility index (Phi) is 2.65. The predicted molar refractivity (Wildman–Crippen MR) is 64.5 cm³/mol. The van der Waals surface area contributed by atoms with Crippen LogP contribution in [0.15, 0.2) is 24.3 Å². The maximum atomic E-state index is 9.91. The first kappa shape index (κ1) is 11.6. The molecule has 0 radical (unpaired) electrons. The van der Waals surface area contributed by atoms with Gasteiger partial charge < -0.3 is 15.3 Å². The van der Waals surface area contributed by atoms with Crippen LogP contribution in [0.25, 0.3) is 5.57 Å². The van der Waals surface area contributed by atoms with Crippen molar-refractivity contribution >= 4 is 17.0 Å². The first-order chi connectivity index (χ1) is 7.93. The molecule has 5 heteroatoms. The Morgan fingerprint density at radius 3 is 2.76 bits per heavy atom. The molecule has 1 aliphatic rings. The third-order valence-corrected chi connectivity index (χ3v) is 2.53. The van der Waals surface area contributed by atoms with E-state index < -0.39 is 5.79 Å². The van der Waals surface area contributed by atoms with Crippen molar-refractivity contribution < 1.29 is 15.1 Å². The van der Waals surface area contributed by atoms with Crippen molar-refractivity contribution in [3.8, 4) is 5.75 Å². The number of hydrogen-bond acceptors (Lipinski definition) is 5. The zero-order chi connectivity index (χ0) is 12.6. The van der Waals surface area contributed by atoms with E-state index in [1.165, 1.54) is 13.0 Å². The number of nitrogens with one attached hydrogen (secondary N) is 2. The van der Waals surface area contributed by atoms with Crippen molar-refractivity contribution in [1.82, 2.24) is 0 Å². The minimum atomic E-state index is -1.42. The van der Waals surface area contributed by atoms with Gasteiger partial charge in [0, 0.05) is 23.8 Å². The van der Waals surface area contributed by atoms with Gasteiger partial charge in [-0.05, 0) is 31.2 Å². The van der Waals surface area contributed by atoms with Crippen LogP contribution in [0.2, 0.25) is 0 Å². The molecule has 0 bridgehead atoms. The molecule has 1 heterocycles. The number of allylic oxidation sites excluding steroid dienone is 1. The Morgan fingerprint density at radius 1 is 1.47 bits per heavy atom. The molecule has 17 heavy (non-hydrogen) atoms. The zero-order valence-electron chi connectivity index (χ0n) is 9.61. The Hall–Kier alpha value is -1.85. The second-order valence-electron chi connectivity index (χ2n) is 4.16. The van der Waals surface area contributed by atoms with Crippen molar-refractivity contribution in [3.05, 3.63) is 29.8 Å². The molecule has 0 fully saturated rings. The Morgan fingerprint density at radius 2 is 2.18 bits per heavy atom. The van der Waals surface area contributed by atoms with Crippen LogP contribution in [-0.4, -0.2) is 21.8 Å². The minimum absolute atomic E-state index is 0.324. The lowest BCUT2D eigenvalue weighted by Gasteiger charge is -2.29. The van der Waals surface area contributed by atoms with Crippen molar-refractivity contribution in [2.24, 2.45) is 0 Å². The van der Waals surface area contributed by atoms with E-state index in [9.17, 15) is 5.11 Å². The molecule has 2 rings (SSSR count). The van der Waals surface area contributed by atoms with Gasteiger partial charge >= 0.3 is 0 Å². The molecule has 1 aromatic rings. The van der Waals surface area contributed by atoms with Crippen LogP contribution in [-0.2, 0) is 0 Å².